The molecule has 1 aliphatic rings. The molecule has 0 aliphatic carbocycles. The van der Waals surface area contributed by atoms with Gasteiger partial charge in [-0.05, 0) is 12.5 Å². The first kappa shape index (κ1) is 12.5. The third-order valence-electron chi connectivity index (χ3n) is 3.23. The van der Waals surface area contributed by atoms with Gasteiger partial charge in [0.2, 0.25) is 0 Å². The second-order valence-electron chi connectivity index (χ2n) is 4.53. The van der Waals surface area contributed by atoms with Crippen LogP contribution in [0.1, 0.15) is 12.5 Å². The van der Waals surface area contributed by atoms with Gasteiger partial charge in [-0.15, -0.1) is 0 Å². The number of hydrogen-bond donors (Lipinski definition) is 4. The predicted octanol–water partition coefficient (Wildman–Crippen LogP) is -0.701. The zero-order chi connectivity index (χ0) is 12.6. The van der Waals surface area contributed by atoms with Crippen LogP contribution < -0.4 is 5.73 Å². The summed E-state index contributed by atoms with van der Waals surface area (Å²) in [5.41, 5.74) is 5.01. The van der Waals surface area contributed by atoms with Gasteiger partial charge in [0.15, 0.2) is 6.29 Å². The Hall–Kier alpha value is -0.980. The maximum absolute atomic E-state index is 10.5. The Labute approximate surface area is 99.5 Å². The molecule has 1 aliphatic heterocycles. The predicted molar refractivity (Wildman–Crippen MR) is 60.9 cm³/mol. The first-order valence-corrected chi connectivity index (χ1v) is 5.49. The van der Waals surface area contributed by atoms with E-state index >= 15 is 0 Å². The number of nitrogens with two attached hydrogens (primary N) is 1. The van der Waals surface area contributed by atoms with Crippen molar-refractivity contribution in [2.45, 2.75) is 37.1 Å². The molecule has 1 saturated heterocycles. The van der Waals surface area contributed by atoms with Crippen LogP contribution in [0.2, 0.25) is 0 Å². The Morgan fingerprint density at radius 3 is 2.29 bits per heavy atom. The SMILES string of the molecule is C[C@](O)(c1ccccc1)[C@H]1O[C@@H](O)[C@@H](O)[C@@H]1N. The summed E-state index contributed by atoms with van der Waals surface area (Å²) in [6.07, 6.45) is -3.39. The molecule has 0 radical (unpaired) electrons. The number of aliphatic hydroxyl groups excluding tert-OH is 2. The first-order chi connectivity index (χ1) is 7.94. The largest absolute Gasteiger partial charge is 0.386 e. The molecule has 0 spiro atoms. The van der Waals surface area contributed by atoms with Gasteiger partial charge < -0.3 is 25.8 Å². The van der Waals surface area contributed by atoms with E-state index in [9.17, 15) is 15.3 Å². The van der Waals surface area contributed by atoms with Crippen molar-refractivity contribution >= 4 is 0 Å². The fraction of sp³-hybridized carbons (Fsp3) is 0.500. The smallest absolute Gasteiger partial charge is 0.183 e. The van der Waals surface area contributed by atoms with Crippen LogP contribution in [0.5, 0.6) is 0 Å². The van der Waals surface area contributed by atoms with E-state index in [1.165, 1.54) is 0 Å². The zero-order valence-corrected chi connectivity index (χ0v) is 9.52. The van der Waals surface area contributed by atoms with Crippen LogP contribution in [0.3, 0.4) is 0 Å². The molecule has 5 atom stereocenters. The van der Waals surface area contributed by atoms with Crippen LogP contribution in [0.15, 0.2) is 30.3 Å². The highest BCUT2D eigenvalue weighted by Gasteiger charge is 2.49. The molecule has 1 fully saturated rings. The van der Waals surface area contributed by atoms with Crippen molar-refractivity contribution in [2.24, 2.45) is 5.73 Å². The van der Waals surface area contributed by atoms with E-state index in [0.717, 1.165) is 0 Å². The number of ether oxygens (including phenoxy) is 1. The van der Waals surface area contributed by atoms with Gasteiger partial charge in [-0.1, -0.05) is 30.3 Å². The van der Waals surface area contributed by atoms with E-state index in [-0.39, 0.29) is 0 Å². The summed E-state index contributed by atoms with van der Waals surface area (Å²) in [6.45, 7) is 1.55. The van der Waals surface area contributed by atoms with E-state index < -0.39 is 30.1 Å². The molecule has 0 amide bonds. The third kappa shape index (κ3) is 2.08. The molecule has 0 saturated carbocycles. The van der Waals surface area contributed by atoms with Crippen molar-refractivity contribution in [2.75, 3.05) is 0 Å². The lowest BCUT2D eigenvalue weighted by atomic mass is 9.86. The fourth-order valence-electron chi connectivity index (χ4n) is 2.14. The van der Waals surface area contributed by atoms with Crippen LogP contribution in [0, 0.1) is 0 Å². The lowest BCUT2D eigenvalue weighted by Gasteiger charge is -2.32. The van der Waals surface area contributed by atoms with Crippen LogP contribution in [-0.2, 0) is 10.3 Å². The highest BCUT2D eigenvalue weighted by molar-refractivity contribution is 5.24. The van der Waals surface area contributed by atoms with Crippen molar-refractivity contribution < 1.29 is 20.1 Å². The molecule has 0 unspecified atom stereocenters. The van der Waals surface area contributed by atoms with E-state index in [1.54, 1.807) is 31.2 Å². The molecule has 1 aromatic rings. The Morgan fingerprint density at radius 2 is 1.82 bits per heavy atom. The zero-order valence-electron chi connectivity index (χ0n) is 9.52. The quantitative estimate of drug-likeness (QED) is 0.547. The summed E-state index contributed by atoms with van der Waals surface area (Å²) >= 11 is 0. The van der Waals surface area contributed by atoms with E-state index in [0.29, 0.717) is 5.56 Å². The summed E-state index contributed by atoms with van der Waals surface area (Å²) in [4.78, 5) is 0. The van der Waals surface area contributed by atoms with Gasteiger partial charge in [0, 0.05) is 0 Å². The van der Waals surface area contributed by atoms with Crippen LogP contribution >= 0.6 is 0 Å². The maximum Gasteiger partial charge on any atom is 0.183 e. The number of aliphatic hydroxyl groups is 3. The standard InChI is InChI=1S/C12H17NO4/c1-12(16,7-5-3-2-4-6-7)10-8(13)9(14)11(15)17-10/h2-6,8-11,14-16H,13H2,1H3/t8-,9-,10-,11+,12-/m0/s1. The minimum atomic E-state index is -1.36. The molecule has 2 rings (SSSR count). The summed E-state index contributed by atoms with van der Waals surface area (Å²) in [7, 11) is 0. The lowest BCUT2D eigenvalue weighted by Crippen LogP contribution is -2.49. The number of hydrogen-bond acceptors (Lipinski definition) is 5. The second-order valence-corrected chi connectivity index (χ2v) is 4.53. The maximum atomic E-state index is 10.5. The summed E-state index contributed by atoms with van der Waals surface area (Å²) in [6, 6.07) is 8.06. The fourth-order valence-corrected chi connectivity index (χ4v) is 2.14. The molecule has 94 valence electrons. The Bertz CT molecular complexity index is 381. The molecular formula is C12H17NO4. The average molecular weight is 239 g/mol. The summed E-state index contributed by atoms with van der Waals surface area (Å²) in [5.74, 6) is 0. The highest BCUT2D eigenvalue weighted by atomic mass is 16.6. The lowest BCUT2D eigenvalue weighted by molar-refractivity contribution is -0.169. The van der Waals surface area contributed by atoms with Gasteiger partial charge in [-0.2, -0.15) is 0 Å². The van der Waals surface area contributed by atoms with Crippen molar-refractivity contribution in [3.63, 3.8) is 0 Å². The minimum Gasteiger partial charge on any atom is -0.386 e. The number of benzene rings is 1. The average Bonchev–Trinajstić information content (AvgIpc) is 2.59. The highest BCUT2D eigenvalue weighted by Crippen LogP contribution is 2.33. The van der Waals surface area contributed by atoms with Crippen molar-refractivity contribution in [1.29, 1.82) is 0 Å². The van der Waals surface area contributed by atoms with Crippen LogP contribution in [0.4, 0.5) is 0 Å². The van der Waals surface area contributed by atoms with Gasteiger partial charge in [0.05, 0.1) is 6.04 Å². The van der Waals surface area contributed by atoms with Crippen LogP contribution in [-0.4, -0.2) is 39.9 Å². The van der Waals surface area contributed by atoms with Gasteiger partial charge in [-0.3, -0.25) is 0 Å². The van der Waals surface area contributed by atoms with E-state index in [2.05, 4.69) is 0 Å². The van der Waals surface area contributed by atoms with E-state index in [1.807, 2.05) is 6.07 Å². The summed E-state index contributed by atoms with van der Waals surface area (Å²) < 4.78 is 5.14. The monoisotopic (exact) mass is 239 g/mol. The molecular weight excluding hydrogens is 222 g/mol. The molecule has 1 aromatic carbocycles. The normalized spacial score (nSPS) is 36.8. The minimum absolute atomic E-state index is 0.627. The van der Waals surface area contributed by atoms with Crippen molar-refractivity contribution in [3.05, 3.63) is 35.9 Å². The summed E-state index contributed by atoms with van der Waals surface area (Å²) in [5, 5.41) is 29.4. The van der Waals surface area contributed by atoms with Gasteiger partial charge >= 0.3 is 0 Å². The van der Waals surface area contributed by atoms with Gasteiger partial charge in [0.1, 0.15) is 17.8 Å². The van der Waals surface area contributed by atoms with Crippen molar-refractivity contribution in [1.82, 2.24) is 0 Å². The Morgan fingerprint density at radius 1 is 1.24 bits per heavy atom. The number of rotatable bonds is 2. The Kier molecular flexibility index (Phi) is 3.20. The topological polar surface area (TPSA) is 95.9 Å². The third-order valence-corrected chi connectivity index (χ3v) is 3.23. The van der Waals surface area contributed by atoms with Crippen LogP contribution in [0.25, 0.3) is 0 Å². The molecule has 5 N–H and O–H groups in total. The van der Waals surface area contributed by atoms with Crippen molar-refractivity contribution in [3.8, 4) is 0 Å². The molecule has 5 heteroatoms. The first-order valence-electron chi connectivity index (χ1n) is 5.49. The molecule has 0 bridgehead atoms. The second kappa shape index (κ2) is 4.36. The van der Waals surface area contributed by atoms with Gasteiger partial charge in [0.25, 0.3) is 0 Å². The molecule has 17 heavy (non-hydrogen) atoms. The molecule has 1 heterocycles. The Balaban J connectivity index is 2.28. The van der Waals surface area contributed by atoms with Gasteiger partial charge in [-0.25, -0.2) is 0 Å². The molecule has 5 nitrogen and oxygen atoms in total. The molecule has 0 aromatic heterocycles. The van der Waals surface area contributed by atoms with E-state index in [4.69, 9.17) is 10.5 Å².